The third kappa shape index (κ3) is 2.16. The standard InChI is InChI=1S/C10H17ClN4/c1-8-6-14(2)4-3-9(8)15-7-12-13-10(15)5-11/h7-9H,3-6H2,1-2H3. The maximum absolute atomic E-state index is 5.84. The van der Waals surface area contributed by atoms with Crippen molar-refractivity contribution in [3.05, 3.63) is 12.2 Å². The van der Waals surface area contributed by atoms with Crippen LogP contribution < -0.4 is 0 Å². The molecule has 0 aliphatic carbocycles. The first kappa shape index (κ1) is 10.9. The van der Waals surface area contributed by atoms with Crippen molar-refractivity contribution in [2.45, 2.75) is 25.3 Å². The summed E-state index contributed by atoms with van der Waals surface area (Å²) < 4.78 is 2.14. The van der Waals surface area contributed by atoms with E-state index in [1.807, 2.05) is 6.33 Å². The predicted octanol–water partition coefficient (Wildman–Crippen LogP) is 1.53. The number of halogens is 1. The average molecular weight is 229 g/mol. The number of hydrogen-bond acceptors (Lipinski definition) is 3. The Labute approximate surface area is 95.2 Å². The van der Waals surface area contributed by atoms with Gasteiger partial charge in [-0.15, -0.1) is 21.8 Å². The van der Waals surface area contributed by atoms with Crippen LogP contribution in [0.25, 0.3) is 0 Å². The van der Waals surface area contributed by atoms with Crippen LogP contribution >= 0.6 is 11.6 Å². The zero-order valence-corrected chi connectivity index (χ0v) is 9.98. The Morgan fingerprint density at radius 2 is 2.40 bits per heavy atom. The molecule has 0 radical (unpaired) electrons. The van der Waals surface area contributed by atoms with E-state index in [4.69, 9.17) is 11.6 Å². The molecule has 0 amide bonds. The van der Waals surface area contributed by atoms with E-state index < -0.39 is 0 Å². The van der Waals surface area contributed by atoms with Gasteiger partial charge in [0.1, 0.15) is 12.2 Å². The van der Waals surface area contributed by atoms with Crippen molar-refractivity contribution < 1.29 is 0 Å². The van der Waals surface area contributed by atoms with Crippen molar-refractivity contribution in [3.8, 4) is 0 Å². The van der Waals surface area contributed by atoms with Gasteiger partial charge < -0.3 is 9.47 Å². The second kappa shape index (κ2) is 4.49. The molecule has 4 nitrogen and oxygen atoms in total. The van der Waals surface area contributed by atoms with Crippen LogP contribution in [0.4, 0.5) is 0 Å². The Balaban J connectivity index is 2.16. The highest BCUT2D eigenvalue weighted by Gasteiger charge is 2.26. The van der Waals surface area contributed by atoms with Gasteiger partial charge in [0.2, 0.25) is 0 Å². The van der Waals surface area contributed by atoms with Crippen LogP contribution in [-0.2, 0) is 5.88 Å². The molecule has 15 heavy (non-hydrogen) atoms. The lowest BCUT2D eigenvalue weighted by molar-refractivity contribution is 0.157. The van der Waals surface area contributed by atoms with Gasteiger partial charge >= 0.3 is 0 Å². The summed E-state index contributed by atoms with van der Waals surface area (Å²) in [6.07, 6.45) is 2.96. The molecular formula is C10H17ClN4. The maximum atomic E-state index is 5.84. The predicted molar refractivity (Wildman–Crippen MR) is 59.9 cm³/mol. The minimum Gasteiger partial charge on any atom is -0.313 e. The molecule has 1 aromatic rings. The first-order chi connectivity index (χ1) is 7.22. The van der Waals surface area contributed by atoms with E-state index in [1.54, 1.807) is 0 Å². The van der Waals surface area contributed by atoms with Crippen molar-refractivity contribution in [1.82, 2.24) is 19.7 Å². The van der Waals surface area contributed by atoms with Gasteiger partial charge in [0.25, 0.3) is 0 Å². The summed E-state index contributed by atoms with van der Waals surface area (Å²) >= 11 is 5.84. The lowest BCUT2D eigenvalue weighted by Crippen LogP contribution is -2.38. The molecule has 0 bridgehead atoms. The molecule has 2 heterocycles. The summed E-state index contributed by atoms with van der Waals surface area (Å²) in [5, 5.41) is 7.97. The molecule has 1 aliphatic rings. The molecule has 1 saturated heterocycles. The van der Waals surface area contributed by atoms with Crippen LogP contribution in [0.2, 0.25) is 0 Å². The Bertz CT molecular complexity index is 325. The van der Waals surface area contributed by atoms with E-state index >= 15 is 0 Å². The smallest absolute Gasteiger partial charge is 0.148 e. The minimum atomic E-state index is 0.444. The fraction of sp³-hybridized carbons (Fsp3) is 0.800. The lowest BCUT2D eigenvalue weighted by atomic mass is 9.94. The molecule has 2 rings (SSSR count). The third-order valence-electron chi connectivity index (χ3n) is 3.19. The zero-order chi connectivity index (χ0) is 10.8. The summed E-state index contributed by atoms with van der Waals surface area (Å²) in [7, 11) is 2.17. The molecule has 5 heteroatoms. The van der Waals surface area contributed by atoms with Gasteiger partial charge in [0.15, 0.2) is 0 Å². The highest BCUT2D eigenvalue weighted by Crippen LogP contribution is 2.28. The topological polar surface area (TPSA) is 34.0 Å². The van der Waals surface area contributed by atoms with Crippen molar-refractivity contribution in [2.24, 2.45) is 5.92 Å². The van der Waals surface area contributed by atoms with Crippen LogP contribution in [0, 0.1) is 5.92 Å². The number of nitrogens with zero attached hydrogens (tertiary/aromatic N) is 4. The molecule has 0 spiro atoms. The lowest BCUT2D eigenvalue weighted by Gasteiger charge is -2.35. The molecule has 1 fully saturated rings. The monoisotopic (exact) mass is 228 g/mol. The first-order valence-corrected chi connectivity index (χ1v) is 5.88. The Morgan fingerprint density at radius 3 is 3.07 bits per heavy atom. The second-order valence-electron chi connectivity index (χ2n) is 4.38. The van der Waals surface area contributed by atoms with Gasteiger partial charge in [-0.2, -0.15) is 0 Å². The largest absolute Gasteiger partial charge is 0.313 e. The van der Waals surface area contributed by atoms with Crippen molar-refractivity contribution in [3.63, 3.8) is 0 Å². The quantitative estimate of drug-likeness (QED) is 0.720. The van der Waals surface area contributed by atoms with Crippen LogP contribution in [0.1, 0.15) is 25.2 Å². The summed E-state index contributed by atoms with van der Waals surface area (Å²) in [5.74, 6) is 1.96. The third-order valence-corrected chi connectivity index (χ3v) is 3.43. The van der Waals surface area contributed by atoms with E-state index in [0.717, 1.165) is 25.3 Å². The normalized spacial score (nSPS) is 28.2. The minimum absolute atomic E-state index is 0.444. The fourth-order valence-corrected chi connectivity index (χ4v) is 2.59. The van der Waals surface area contributed by atoms with Gasteiger partial charge in [-0.3, -0.25) is 0 Å². The Morgan fingerprint density at radius 1 is 1.60 bits per heavy atom. The number of hydrogen-bond donors (Lipinski definition) is 0. The van der Waals surface area contributed by atoms with Crippen LogP contribution in [0.5, 0.6) is 0 Å². The van der Waals surface area contributed by atoms with Crippen molar-refractivity contribution in [2.75, 3.05) is 20.1 Å². The molecule has 0 aromatic carbocycles. The number of aromatic nitrogens is 3. The van der Waals surface area contributed by atoms with Gasteiger partial charge in [-0.1, -0.05) is 6.92 Å². The number of alkyl halides is 1. The summed E-state index contributed by atoms with van der Waals surface area (Å²) in [5.41, 5.74) is 0. The van der Waals surface area contributed by atoms with Crippen molar-refractivity contribution in [1.29, 1.82) is 0 Å². The molecule has 0 saturated carbocycles. The zero-order valence-electron chi connectivity index (χ0n) is 9.23. The van der Waals surface area contributed by atoms with E-state index in [9.17, 15) is 0 Å². The molecular weight excluding hydrogens is 212 g/mol. The van der Waals surface area contributed by atoms with Gasteiger partial charge in [-0.05, 0) is 25.9 Å². The number of piperidine rings is 1. The van der Waals surface area contributed by atoms with E-state index in [-0.39, 0.29) is 0 Å². The summed E-state index contributed by atoms with van der Waals surface area (Å²) in [6.45, 7) is 4.54. The average Bonchev–Trinajstić information content (AvgIpc) is 2.65. The van der Waals surface area contributed by atoms with Crippen LogP contribution in [0.15, 0.2) is 6.33 Å². The first-order valence-electron chi connectivity index (χ1n) is 5.35. The van der Waals surface area contributed by atoms with E-state index in [2.05, 4.69) is 33.6 Å². The van der Waals surface area contributed by atoms with E-state index in [1.165, 1.54) is 0 Å². The highest BCUT2D eigenvalue weighted by atomic mass is 35.5. The SMILES string of the molecule is CC1CN(C)CCC1n1cnnc1CCl. The number of rotatable bonds is 2. The fourth-order valence-electron chi connectivity index (χ4n) is 2.39. The van der Waals surface area contributed by atoms with E-state index in [0.29, 0.717) is 17.8 Å². The van der Waals surface area contributed by atoms with Crippen LogP contribution in [0.3, 0.4) is 0 Å². The van der Waals surface area contributed by atoms with Gasteiger partial charge in [0, 0.05) is 12.6 Å². The molecule has 84 valence electrons. The summed E-state index contributed by atoms with van der Waals surface area (Å²) in [6, 6.07) is 0.505. The maximum Gasteiger partial charge on any atom is 0.148 e. The highest BCUT2D eigenvalue weighted by molar-refractivity contribution is 6.16. The molecule has 1 aromatic heterocycles. The second-order valence-corrected chi connectivity index (χ2v) is 4.65. The Hall–Kier alpha value is -0.610. The Kier molecular flexibility index (Phi) is 3.26. The molecule has 0 N–H and O–H groups in total. The molecule has 2 unspecified atom stereocenters. The van der Waals surface area contributed by atoms with Gasteiger partial charge in [-0.25, -0.2) is 0 Å². The molecule has 1 aliphatic heterocycles. The van der Waals surface area contributed by atoms with Crippen molar-refractivity contribution >= 4 is 11.6 Å². The van der Waals surface area contributed by atoms with Gasteiger partial charge in [0.05, 0.1) is 5.88 Å². The number of likely N-dealkylation sites (tertiary alicyclic amines) is 1. The summed E-state index contributed by atoms with van der Waals surface area (Å²) in [4.78, 5) is 2.37. The molecule has 2 atom stereocenters. The van der Waals surface area contributed by atoms with Crippen LogP contribution in [-0.4, -0.2) is 39.8 Å².